The first kappa shape index (κ1) is 9.27. The zero-order valence-electron chi connectivity index (χ0n) is 7.26. The van der Waals surface area contributed by atoms with Crippen molar-refractivity contribution in [2.24, 2.45) is 0 Å². The highest BCUT2D eigenvalue weighted by molar-refractivity contribution is 14.1. The van der Waals surface area contributed by atoms with Crippen LogP contribution in [0.5, 0.6) is 0 Å². The molecule has 0 radical (unpaired) electrons. The van der Waals surface area contributed by atoms with E-state index in [2.05, 4.69) is 46.1 Å². The van der Waals surface area contributed by atoms with Crippen LogP contribution in [0.25, 0.3) is 0 Å². The minimum Gasteiger partial charge on any atom is -0.394 e. The van der Waals surface area contributed by atoms with Crippen LogP contribution in [0.4, 0.5) is 5.69 Å². The number of aryl methyl sites for hydroxylation is 1. The highest BCUT2D eigenvalue weighted by atomic mass is 127. The number of benzene rings is 1. The first-order chi connectivity index (χ1) is 6.29. The van der Waals surface area contributed by atoms with Crippen molar-refractivity contribution in [3.05, 3.63) is 27.3 Å². The Morgan fingerprint density at radius 2 is 2.38 bits per heavy atom. The summed E-state index contributed by atoms with van der Waals surface area (Å²) in [5.74, 6) is 0. The third-order valence-electron chi connectivity index (χ3n) is 2.41. The van der Waals surface area contributed by atoms with Gasteiger partial charge in [-0.15, -0.1) is 0 Å². The largest absolute Gasteiger partial charge is 0.394 e. The summed E-state index contributed by atoms with van der Waals surface area (Å²) in [4.78, 5) is 0. The van der Waals surface area contributed by atoms with Crippen LogP contribution in [0, 0.1) is 3.57 Å². The highest BCUT2D eigenvalue weighted by Crippen LogP contribution is 2.26. The molecule has 0 spiro atoms. The van der Waals surface area contributed by atoms with Crippen molar-refractivity contribution in [1.29, 1.82) is 0 Å². The lowest BCUT2D eigenvalue weighted by molar-refractivity contribution is 0.267. The van der Waals surface area contributed by atoms with Gasteiger partial charge in [-0.1, -0.05) is 6.07 Å². The van der Waals surface area contributed by atoms with Crippen molar-refractivity contribution in [1.82, 2.24) is 0 Å². The fraction of sp³-hybridized carbons (Fsp3) is 0.400. The lowest BCUT2D eigenvalue weighted by Crippen LogP contribution is -2.28. The number of hydrogen-bond donors (Lipinski definition) is 2. The van der Waals surface area contributed by atoms with Crippen LogP contribution < -0.4 is 5.32 Å². The van der Waals surface area contributed by atoms with Gasteiger partial charge in [-0.05, 0) is 53.1 Å². The van der Waals surface area contributed by atoms with E-state index in [9.17, 15) is 0 Å². The lowest BCUT2D eigenvalue weighted by Gasteiger charge is -2.25. The number of halogens is 1. The second-order valence-corrected chi connectivity index (χ2v) is 4.61. The van der Waals surface area contributed by atoms with Crippen LogP contribution in [0.3, 0.4) is 0 Å². The van der Waals surface area contributed by atoms with Crippen LogP contribution in [-0.2, 0) is 6.42 Å². The van der Waals surface area contributed by atoms with Crippen molar-refractivity contribution < 1.29 is 5.11 Å². The van der Waals surface area contributed by atoms with Crippen LogP contribution >= 0.6 is 22.6 Å². The molecule has 1 unspecified atom stereocenters. The Morgan fingerprint density at radius 1 is 1.54 bits per heavy atom. The molecule has 1 aliphatic rings. The predicted octanol–water partition coefficient (Wildman–Crippen LogP) is 2.01. The number of aliphatic hydroxyl groups is 1. The molecular weight excluding hydrogens is 277 g/mol. The molecule has 0 aliphatic carbocycles. The standard InChI is InChI=1S/C10H12INO/c11-8-3-1-7-2-4-9(6-13)12-10(7)5-8/h1,3,5,9,12-13H,2,4,6H2. The van der Waals surface area contributed by atoms with E-state index in [1.165, 1.54) is 14.8 Å². The SMILES string of the molecule is OCC1CCc2ccc(I)cc2N1. The molecule has 1 aromatic rings. The van der Waals surface area contributed by atoms with Crippen LogP contribution in [0.1, 0.15) is 12.0 Å². The van der Waals surface area contributed by atoms with E-state index in [0.29, 0.717) is 0 Å². The molecule has 3 heteroatoms. The molecule has 0 aromatic heterocycles. The van der Waals surface area contributed by atoms with Gasteiger partial charge in [0.1, 0.15) is 0 Å². The summed E-state index contributed by atoms with van der Waals surface area (Å²) in [6, 6.07) is 6.67. The van der Waals surface area contributed by atoms with E-state index in [1.54, 1.807) is 0 Å². The Balaban J connectivity index is 2.27. The molecule has 0 saturated heterocycles. The van der Waals surface area contributed by atoms with E-state index >= 15 is 0 Å². The van der Waals surface area contributed by atoms with E-state index in [0.717, 1.165) is 12.8 Å². The number of anilines is 1. The third kappa shape index (κ3) is 1.96. The maximum atomic E-state index is 9.02. The fourth-order valence-corrected chi connectivity index (χ4v) is 2.15. The minimum absolute atomic E-state index is 0.227. The average molecular weight is 289 g/mol. The normalized spacial score (nSPS) is 20.6. The maximum absolute atomic E-state index is 9.02. The summed E-state index contributed by atoms with van der Waals surface area (Å²) < 4.78 is 1.24. The number of hydrogen-bond acceptors (Lipinski definition) is 2. The van der Waals surface area contributed by atoms with E-state index in [4.69, 9.17) is 5.11 Å². The molecule has 2 N–H and O–H groups in total. The fourth-order valence-electron chi connectivity index (χ4n) is 1.66. The number of fused-ring (bicyclic) bond motifs is 1. The van der Waals surface area contributed by atoms with Gasteiger partial charge < -0.3 is 10.4 Å². The van der Waals surface area contributed by atoms with Crippen LogP contribution in [-0.4, -0.2) is 17.8 Å². The van der Waals surface area contributed by atoms with Gasteiger partial charge in [0, 0.05) is 15.3 Å². The van der Waals surface area contributed by atoms with Gasteiger partial charge in [-0.2, -0.15) is 0 Å². The van der Waals surface area contributed by atoms with Gasteiger partial charge in [0.2, 0.25) is 0 Å². The van der Waals surface area contributed by atoms with Gasteiger partial charge in [0.25, 0.3) is 0 Å². The second-order valence-electron chi connectivity index (χ2n) is 3.36. The monoisotopic (exact) mass is 289 g/mol. The van der Waals surface area contributed by atoms with Gasteiger partial charge in [-0.25, -0.2) is 0 Å². The Morgan fingerprint density at radius 3 is 3.15 bits per heavy atom. The Labute approximate surface area is 91.5 Å². The molecule has 70 valence electrons. The summed E-state index contributed by atoms with van der Waals surface area (Å²) in [6.45, 7) is 0.227. The molecule has 2 nitrogen and oxygen atoms in total. The van der Waals surface area contributed by atoms with Crippen molar-refractivity contribution in [2.45, 2.75) is 18.9 Å². The number of nitrogens with one attached hydrogen (secondary N) is 1. The second kappa shape index (κ2) is 3.84. The molecule has 1 aliphatic heterocycles. The molecule has 0 saturated carbocycles. The predicted molar refractivity (Wildman–Crippen MR) is 62.0 cm³/mol. The summed E-state index contributed by atoms with van der Waals surface area (Å²) >= 11 is 2.30. The molecule has 2 rings (SSSR count). The van der Waals surface area contributed by atoms with Crippen LogP contribution in [0.15, 0.2) is 18.2 Å². The summed E-state index contributed by atoms with van der Waals surface area (Å²) in [5.41, 5.74) is 2.56. The Bertz CT molecular complexity index is 314. The van der Waals surface area contributed by atoms with Crippen molar-refractivity contribution in [2.75, 3.05) is 11.9 Å². The third-order valence-corrected chi connectivity index (χ3v) is 3.09. The lowest BCUT2D eigenvalue weighted by atomic mass is 9.99. The number of rotatable bonds is 1. The van der Waals surface area contributed by atoms with E-state index < -0.39 is 0 Å². The zero-order chi connectivity index (χ0) is 9.26. The smallest absolute Gasteiger partial charge is 0.0632 e. The zero-order valence-corrected chi connectivity index (χ0v) is 9.41. The van der Waals surface area contributed by atoms with E-state index in [1.807, 2.05) is 0 Å². The summed E-state index contributed by atoms with van der Waals surface area (Å²) in [6.07, 6.45) is 2.11. The molecule has 1 atom stereocenters. The van der Waals surface area contributed by atoms with Crippen molar-refractivity contribution >= 4 is 28.3 Å². The molecule has 1 heterocycles. The molecular formula is C10H12INO. The van der Waals surface area contributed by atoms with Gasteiger partial charge >= 0.3 is 0 Å². The Kier molecular flexibility index (Phi) is 2.74. The number of aliphatic hydroxyl groups excluding tert-OH is 1. The Hall–Kier alpha value is -0.290. The van der Waals surface area contributed by atoms with E-state index in [-0.39, 0.29) is 12.6 Å². The molecule has 1 aromatic carbocycles. The maximum Gasteiger partial charge on any atom is 0.0632 e. The topological polar surface area (TPSA) is 32.3 Å². The highest BCUT2D eigenvalue weighted by Gasteiger charge is 2.16. The van der Waals surface area contributed by atoms with Gasteiger partial charge in [0.05, 0.1) is 6.61 Å². The van der Waals surface area contributed by atoms with Gasteiger partial charge in [-0.3, -0.25) is 0 Å². The quantitative estimate of drug-likeness (QED) is 0.775. The molecule has 0 bridgehead atoms. The summed E-state index contributed by atoms with van der Waals surface area (Å²) in [5, 5.41) is 12.4. The molecule has 0 amide bonds. The first-order valence-corrected chi connectivity index (χ1v) is 5.53. The van der Waals surface area contributed by atoms with Crippen LogP contribution in [0.2, 0.25) is 0 Å². The summed E-state index contributed by atoms with van der Waals surface area (Å²) in [7, 11) is 0. The van der Waals surface area contributed by atoms with Crippen molar-refractivity contribution in [3.8, 4) is 0 Å². The average Bonchev–Trinajstić information content (AvgIpc) is 2.16. The molecule has 0 fully saturated rings. The van der Waals surface area contributed by atoms with Gasteiger partial charge in [0.15, 0.2) is 0 Å². The minimum atomic E-state index is 0.227. The van der Waals surface area contributed by atoms with Crippen molar-refractivity contribution in [3.63, 3.8) is 0 Å². The first-order valence-electron chi connectivity index (χ1n) is 4.45. The molecule has 13 heavy (non-hydrogen) atoms.